The Morgan fingerprint density at radius 3 is 2.44 bits per heavy atom. The van der Waals surface area contributed by atoms with E-state index in [-0.39, 0.29) is 11.6 Å². The van der Waals surface area contributed by atoms with E-state index in [0.29, 0.717) is 18.6 Å². The molecule has 0 amide bonds. The SMILES string of the molecule is O=c1c2cc(Cc3ccnc4ccccc34)c3ccccc3c2ncn1C1CCOCC1. The van der Waals surface area contributed by atoms with Crippen LogP contribution in [0.5, 0.6) is 0 Å². The van der Waals surface area contributed by atoms with Crippen molar-refractivity contribution in [1.82, 2.24) is 14.5 Å². The molecule has 1 saturated heterocycles. The summed E-state index contributed by atoms with van der Waals surface area (Å²) in [5.74, 6) is 0. The minimum absolute atomic E-state index is 0.0356. The molecular weight excluding hydrogens is 398 g/mol. The van der Waals surface area contributed by atoms with E-state index >= 15 is 0 Å². The number of benzene rings is 3. The molecule has 32 heavy (non-hydrogen) atoms. The lowest BCUT2D eigenvalue weighted by Gasteiger charge is -2.24. The van der Waals surface area contributed by atoms with Crippen molar-refractivity contribution in [3.63, 3.8) is 0 Å². The van der Waals surface area contributed by atoms with Crippen LogP contribution in [-0.4, -0.2) is 27.7 Å². The van der Waals surface area contributed by atoms with Crippen molar-refractivity contribution in [2.24, 2.45) is 0 Å². The largest absolute Gasteiger partial charge is 0.381 e. The molecule has 0 radical (unpaired) electrons. The summed E-state index contributed by atoms with van der Waals surface area (Å²) in [6.07, 6.45) is 6.00. The lowest BCUT2D eigenvalue weighted by atomic mass is 9.94. The van der Waals surface area contributed by atoms with Crippen LogP contribution in [0.4, 0.5) is 0 Å². The van der Waals surface area contributed by atoms with Gasteiger partial charge in [-0.25, -0.2) is 4.98 Å². The molecule has 6 rings (SSSR count). The van der Waals surface area contributed by atoms with Gasteiger partial charge in [-0.2, -0.15) is 0 Å². The smallest absolute Gasteiger partial charge is 0.261 e. The molecule has 0 bridgehead atoms. The number of ether oxygens (including phenoxy) is 1. The Labute approximate surface area is 185 Å². The average Bonchev–Trinajstić information content (AvgIpc) is 2.85. The zero-order valence-corrected chi connectivity index (χ0v) is 17.7. The van der Waals surface area contributed by atoms with Crippen LogP contribution >= 0.6 is 0 Å². The van der Waals surface area contributed by atoms with Gasteiger partial charge in [-0.05, 0) is 54.0 Å². The van der Waals surface area contributed by atoms with Crippen molar-refractivity contribution < 1.29 is 4.74 Å². The van der Waals surface area contributed by atoms with E-state index in [2.05, 4.69) is 35.3 Å². The van der Waals surface area contributed by atoms with Gasteiger partial charge in [0.1, 0.15) is 0 Å². The van der Waals surface area contributed by atoms with Gasteiger partial charge in [-0.3, -0.25) is 14.3 Å². The number of nitrogens with zero attached hydrogens (tertiary/aromatic N) is 3. The second-order valence-corrected chi connectivity index (χ2v) is 8.44. The summed E-state index contributed by atoms with van der Waals surface area (Å²) in [5.41, 5.74) is 4.13. The quantitative estimate of drug-likeness (QED) is 0.383. The molecule has 5 nitrogen and oxygen atoms in total. The first-order valence-electron chi connectivity index (χ1n) is 11.1. The maximum Gasteiger partial charge on any atom is 0.261 e. The molecule has 158 valence electrons. The Kier molecular flexibility index (Phi) is 4.69. The van der Waals surface area contributed by atoms with Gasteiger partial charge < -0.3 is 4.74 Å². The van der Waals surface area contributed by atoms with Crippen LogP contribution in [0.15, 0.2) is 78.0 Å². The minimum atomic E-state index is 0.0356. The first-order chi connectivity index (χ1) is 15.8. The topological polar surface area (TPSA) is 57.0 Å². The molecule has 0 saturated carbocycles. The number of rotatable bonds is 3. The van der Waals surface area contributed by atoms with Crippen LogP contribution in [0.1, 0.15) is 30.0 Å². The summed E-state index contributed by atoms with van der Waals surface area (Å²) in [4.78, 5) is 22.8. The van der Waals surface area contributed by atoms with Crippen molar-refractivity contribution in [3.05, 3.63) is 94.7 Å². The Hall–Kier alpha value is -3.57. The molecule has 3 aromatic carbocycles. The summed E-state index contributed by atoms with van der Waals surface area (Å²) < 4.78 is 7.30. The minimum Gasteiger partial charge on any atom is -0.381 e. The monoisotopic (exact) mass is 421 g/mol. The molecule has 5 aromatic rings. The molecule has 0 aliphatic carbocycles. The van der Waals surface area contributed by atoms with Gasteiger partial charge in [0.15, 0.2) is 0 Å². The van der Waals surface area contributed by atoms with Crippen LogP contribution in [0, 0.1) is 0 Å². The fraction of sp³-hybridized carbons (Fsp3) is 0.222. The first kappa shape index (κ1) is 19.1. The Morgan fingerprint density at radius 2 is 1.59 bits per heavy atom. The van der Waals surface area contributed by atoms with Gasteiger partial charge in [0, 0.05) is 36.2 Å². The van der Waals surface area contributed by atoms with Crippen LogP contribution < -0.4 is 5.56 Å². The van der Waals surface area contributed by atoms with E-state index in [0.717, 1.165) is 52.0 Å². The zero-order chi connectivity index (χ0) is 21.5. The van der Waals surface area contributed by atoms with Crippen LogP contribution in [0.3, 0.4) is 0 Å². The third-order valence-electron chi connectivity index (χ3n) is 6.58. The van der Waals surface area contributed by atoms with Crippen molar-refractivity contribution in [3.8, 4) is 0 Å². The summed E-state index contributed by atoms with van der Waals surface area (Å²) in [5, 5.41) is 3.99. The molecular formula is C27H23N3O2. The van der Waals surface area contributed by atoms with Crippen LogP contribution in [-0.2, 0) is 11.2 Å². The van der Waals surface area contributed by atoms with Crippen molar-refractivity contribution in [2.45, 2.75) is 25.3 Å². The Balaban J connectivity index is 1.56. The molecule has 0 spiro atoms. The molecule has 0 unspecified atom stereocenters. The average molecular weight is 422 g/mol. The maximum atomic E-state index is 13.6. The second-order valence-electron chi connectivity index (χ2n) is 8.44. The summed E-state index contributed by atoms with van der Waals surface area (Å²) in [6.45, 7) is 1.38. The highest BCUT2D eigenvalue weighted by Gasteiger charge is 2.19. The van der Waals surface area contributed by atoms with Gasteiger partial charge in [0.2, 0.25) is 0 Å². The molecule has 1 aliphatic heterocycles. The molecule has 0 atom stereocenters. The predicted molar refractivity (Wildman–Crippen MR) is 127 cm³/mol. The number of hydrogen-bond acceptors (Lipinski definition) is 4. The molecule has 3 heterocycles. The summed E-state index contributed by atoms with van der Waals surface area (Å²) >= 11 is 0. The molecule has 1 fully saturated rings. The fourth-order valence-electron chi connectivity index (χ4n) is 4.93. The van der Waals surface area contributed by atoms with Gasteiger partial charge >= 0.3 is 0 Å². The normalized spacial score (nSPS) is 15.0. The van der Waals surface area contributed by atoms with Gasteiger partial charge in [-0.15, -0.1) is 0 Å². The fourth-order valence-corrected chi connectivity index (χ4v) is 4.93. The lowest BCUT2D eigenvalue weighted by molar-refractivity contribution is 0.0685. The van der Waals surface area contributed by atoms with E-state index in [1.54, 1.807) is 6.33 Å². The highest BCUT2D eigenvalue weighted by atomic mass is 16.5. The first-order valence-corrected chi connectivity index (χ1v) is 11.1. The van der Waals surface area contributed by atoms with Gasteiger partial charge in [0.05, 0.1) is 22.7 Å². The maximum absolute atomic E-state index is 13.6. The van der Waals surface area contributed by atoms with E-state index in [9.17, 15) is 4.79 Å². The zero-order valence-electron chi connectivity index (χ0n) is 17.7. The van der Waals surface area contributed by atoms with Crippen LogP contribution in [0.25, 0.3) is 32.6 Å². The van der Waals surface area contributed by atoms with E-state index in [1.165, 1.54) is 5.56 Å². The Bertz CT molecular complexity index is 1510. The summed E-state index contributed by atoms with van der Waals surface area (Å²) in [6, 6.07) is 20.7. The number of pyridine rings is 1. The number of hydrogen-bond donors (Lipinski definition) is 0. The van der Waals surface area contributed by atoms with Crippen molar-refractivity contribution in [1.29, 1.82) is 0 Å². The van der Waals surface area contributed by atoms with E-state index in [1.807, 2.05) is 41.1 Å². The number of fused-ring (bicyclic) bond motifs is 4. The van der Waals surface area contributed by atoms with Crippen molar-refractivity contribution in [2.75, 3.05) is 13.2 Å². The van der Waals surface area contributed by atoms with E-state index in [4.69, 9.17) is 9.72 Å². The second kappa shape index (κ2) is 7.84. The summed E-state index contributed by atoms with van der Waals surface area (Å²) in [7, 11) is 0. The number of aromatic nitrogens is 3. The van der Waals surface area contributed by atoms with Gasteiger partial charge in [-0.1, -0.05) is 42.5 Å². The lowest BCUT2D eigenvalue weighted by Crippen LogP contribution is -2.29. The Morgan fingerprint density at radius 1 is 0.844 bits per heavy atom. The van der Waals surface area contributed by atoms with Crippen LogP contribution in [0.2, 0.25) is 0 Å². The highest BCUT2D eigenvalue weighted by Crippen LogP contribution is 2.30. The molecule has 0 N–H and O–H groups in total. The molecule has 5 heteroatoms. The molecule has 2 aromatic heterocycles. The third kappa shape index (κ3) is 3.17. The molecule has 1 aliphatic rings. The van der Waals surface area contributed by atoms with Crippen molar-refractivity contribution >= 4 is 32.6 Å². The predicted octanol–water partition coefficient (Wildman–Crippen LogP) is 5.04. The highest BCUT2D eigenvalue weighted by molar-refractivity contribution is 6.06. The van der Waals surface area contributed by atoms with E-state index < -0.39 is 0 Å². The number of para-hydroxylation sites is 1. The standard InChI is InChI=1S/C27H23N3O2/c31-27-24-16-19(15-18-9-12-28-25-8-4-3-6-22(18)25)21-5-1-2-7-23(21)26(24)29-17-30(27)20-10-13-32-14-11-20/h1-9,12,16-17,20H,10-11,13-15H2. The van der Waals surface area contributed by atoms with Gasteiger partial charge in [0.25, 0.3) is 5.56 Å². The third-order valence-corrected chi connectivity index (χ3v) is 6.58.